The van der Waals surface area contributed by atoms with Crippen molar-refractivity contribution < 1.29 is 23.7 Å². The highest BCUT2D eigenvalue weighted by Crippen LogP contribution is 2.36. The molecule has 1 heterocycles. The zero-order valence-corrected chi connectivity index (χ0v) is 22.6. The third-order valence-electron chi connectivity index (χ3n) is 5.50. The fourth-order valence-electron chi connectivity index (χ4n) is 3.53. The molecule has 0 fully saturated rings. The first-order valence-corrected chi connectivity index (χ1v) is 12.4. The Kier molecular flexibility index (Phi) is 9.80. The number of ether oxygens (including phenoxy) is 3. The lowest BCUT2D eigenvalue weighted by molar-refractivity contribution is 0.276. The van der Waals surface area contributed by atoms with Gasteiger partial charge in [0.2, 0.25) is 11.2 Å². The van der Waals surface area contributed by atoms with Crippen LogP contribution in [0.25, 0.3) is 22.3 Å². The van der Waals surface area contributed by atoms with Crippen LogP contribution >= 0.6 is 0 Å². The van der Waals surface area contributed by atoms with Crippen molar-refractivity contribution in [1.29, 1.82) is 0 Å². The van der Waals surface area contributed by atoms with Gasteiger partial charge in [-0.3, -0.25) is 4.79 Å². The number of benzene rings is 2. The molecule has 0 amide bonds. The molecule has 0 aliphatic carbocycles. The number of phenolic OH excluding ortho intramolecular Hbond substituents is 1. The van der Waals surface area contributed by atoms with E-state index in [1.807, 2.05) is 83.1 Å². The van der Waals surface area contributed by atoms with Crippen molar-refractivity contribution in [3.8, 4) is 34.3 Å². The standard InChI is InChI=1S/C30H37NO6/c1-20(2)12-16-34-23-10-8-22(9-11-23)29-30(36-15-7-14-31(5)6)28(33)27-25(32)18-24(19-26(27)37-29)35-17-13-21(3)4/h8-13,18-19,32H,7,14-17H2,1-6H3. The summed E-state index contributed by atoms with van der Waals surface area (Å²) in [6.07, 6.45) is 4.65. The van der Waals surface area contributed by atoms with Crippen LogP contribution in [0.2, 0.25) is 0 Å². The van der Waals surface area contributed by atoms with Gasteiger partial charge in [0, 0.05) is 24.2 Å². The minimum atomic E-state index is -0.432. The zero-order valence-electron chi connectivity index (χ0n) is 22.6. The van der Waals surface area contributed by atoms with Crippen LogP contribution < -0.4 is 19.6 Å². The van der Waals surface area contributed by atoms with Crippen molar-refractivity contribution in [2.45, 2.75) is 34.1 Å². The van der Waals surface area contributed by atoms with Gasteiger partial charge < -0.3 is 28.6 Å². The van der Waals surface area contributed by atoms with Crippen molar-refractivity contribution in [1.82, 2.24) is 4.90 Å². The molecule has 198 valence electrons. The first-order chi connectivity index (χ1) is 17.7. The van der Waals surface area contributed by atoms with Gasteiger partial charge in [-0.15, -0.1) is 0 Å². The molecular formula is C30H37NO6. The quantitative estimate of drug-likeness (QED) is 0.231. The Balaban J connectivity index is 2.02. The molecule has 37 heavy (non-hydrogen) atoms. The molecule has 2 aromatic carbocycles. The van der Waals surface area contributed by atoms with Gasteiger partial charge in [-0.05, 0) is 84.6 Å². The number of aromatic hydroxyl groups is 1. The van der Waals surface area contributed by atoms with E-state index in [1.165, 1.54) is 11.6 Å². The van der Waals surface area contributed by atoms with E-state index in [-0.39, 0.29) is 22.5 Å². The molecule has 0 aliphatic rings. The topological polar surface area (TPSA) is 81.4 Å². The molecule has 0 radical (unpaired) electrons. The fourth-order valence-corrected chi connectivity index (χ4v) is 3.53. The molecule has 1 aromatic heterocycles. The van der Waals surface area contributed by atoms with Crippen molar-refractivity contribution in [2.75, 3.05) is 40.5 Å². The average molecular weight is 508 g/mol. The van der Waals surface area contributed by atoms with Crippen LogP contribution in [0.3, 0.4) is 0 Å². The molecule has 3 rings (SSSR count). The van der Waals surface area contributed by atoms with E-state index in [4.69, 9.17) is 18.6 Å². The van der Waals surface area contributed by atoms with Crippen LogP contribution in [0, 0.1) is 0 Å². The Morgan fingerprint density at radius 2 is 1.54 bits per heavy atom. The van der Waals surface area contributed by atoms with E-state index in [1.54, 1.807) is 6.07 Å². The maximum atomic E-state index is 13.5. The molecule has 1 N–H and O–H groups in total. The summed E-state index contributed by atoms with van der Waals surface area (Å²) < 4.78 is 23.7. The van der Waals surface area contributed by atoms with E-state index >= 15 is 0 Å². The zero-order chi connectivity index (χ0) is 26.9. The highest BCUT2D eigenvalue weighted by atomic mass is 16.5. The van der Waals surface area contributed by atoms with Crippen LogP contribution in [0.1, 0.15) is 34.1 Å². The number of hydrogen-bond donors (Lipinski definition) is 1. The van der Waals surface area contributed by atoms with Crippen LogP contribution in [0.5, 0.6) is 23.0 Å². The maximum Gasteiger partial charge on any atom is 0.239 e. The largest absolute Gasteiger partial charge is 0.507 e. The molecule has 0 bridgehead atoms. The van der Waals surface area contributed by atoms with Crippen LogP contribution in [0.4, 0.5) is 0 Å². The monoisotopic (exact) mass is 507 g/mol. The summed E-state index contributed by atoms with van der Waals surface area (Å²) in [5.74, 6) is 1.24. The highest BCUT2D eigenvalue weighted by molar-refractivity contribution is 5.88. The van der Waals surface area contributed by atoms with Crippen molar-refractivity contribution in [2.24, 2.45) is 0 Å². The summed E-state index contributed by atoms with van der Waals surface area (Å²) in [5, 5.41) is 10.7. The van der Waals surface area contributed by atoms with E-state index in [2.05, 4.69) is 0 Å². The van der Waals surface area contributed by atoms with Crippen LogP contribution in [0.15, 0.2) is 68.9 Å². The predicted octanol–water partition coefficient (Wildman–Crippen LogP) is 6.19. The van der Waals surface area contributed by atoms with Gasteiger partial charge >= 0.3 is 0 Å². The predicted molar refractivity (Wildman–Crippen MR) is 148 cm³/mol. The molecular weight excluding hydrogens is 470 g/mol. The molecule has 3 aromatic rings. The molecule has 0 unspecified atom stereocenters. The maximum absolute atomic E-state index is 13.5. The van der Waals surface area contributed by atoms with Crippen molar-refractivity contribution in [3.63, 3.8) is 0 Å². The van der Waals surface area contributed by atoms with E-state index in [0.717, 1.165) is 18.5 Å². The first kappa shape index (κ1) is 27.9. The SMILES string of the molecule is CC(C)=CCOc1ccc(-c2oc3cc(OCC=C(C)C)cc(O)c3c(=O)c2OCCCN(C)C)cc1. The van der Waals surface area contributed by atoms with Crippen molar-refractivity contribution in [3.05, 3.63) is 69.9 Å². The Morgan fingerprint density at radius 1 is 0.919 bits per heavy atom. The molecule has 0 spiro atoms. The number of rotatable bonds is 12. The Hall–Kier alpha value is -3.71. The lowest BCUT2D eigenvalue weighted by atomic mass is 10.1. The number of hydrogen-bond acceptors (Lipinski definition) is 7. The molecule has 0 saturated carbocycles. The van der Waals surface area contributed by atoms with Crippen LogP contribution in [-0.4, -0.2) is 50.5 Å². The number of nitrogens with zero attached hydrogens (tertiary/aromatic N) is 1. The summed E-state index contributed by atoms with van der Waals surface area (Å²) in [6, 6.07) is 10.3. The third-order valence-corrected chi connectivity index (χ3v) is 5.50. The molecule has 7 nitrogen and oxygen atoms in total. The van der Waals surface area contributed by atoms with Crippen molar-refractivity contribution >= 4 is 11.0 Å². The summed E-state index contributed by atoms with van der Waals surface area (Å²) in [6.45, 7) is 9.94. The second-order valence-corrected chi connectivity index (χ2v) is 9.62. The smallest absolute Gasteiger partial charge is 0.239 e. The number of phenols is 1. The number of fused-ring (bicyclic) bond motifs is 1. The Morgan fingerprint density at radius 3 is 2.14 bits per heavy atom. The number of allylic oxidation sites excluding steroid dienone is 2. The van der Waals surface area contributed by atoms with Crippen LogP contribution in [-0.2, 0) is 0 Å². The van der Waals surface area contributed by atoms with E-state index in [9.17, 15) is 9.90 Å². The molecule has 0 saturated heterocycles. The minimum absolute atomic E-state index is 0.0580. The normalized spacial score (nSPS) is 10.9. The van der Waals surface area contributed by atoms with E-state index < -0.39 is 5.43 Å². The van der Waals surface area contributed by atoms with E-state index in [0.29, 0.717) is 42.6 Å². The molecule has 0 atom stereocenters. The van der Waals surface area contributed by atoms with Gasteiger partial charge in [-0.2, -0.15) is 0 Å². The van der Waals surface area contributed by atoms with Gasteiger partial charge in [-0.25, -0.2) is 0 Å². The summed E-state index contributed by atoms with van der Waals surface area (Å²) in [4.78, 5) is 15.6. The summed E-state index contributed by atoms with van der Waals surface area (Å²) in [7, 11) is 3.96. The molecule has 0 aliphatic heterocycles. The lowest BCUT2D eigenvalue weighted by Crippen LogP contribution is -2.17. The highest BCUT2D eigenvalue weighted by Gasteiger charge is 2.21. The first-order valence-electron chi connectivity index (χ1n) is 12.4. The van der Waals surface area contributed by atoms with Gasteiger partial charge in [-0.1, -0.05) is 11.1 Å². The lowest BCUT2D eigenvalue weighted by Gasteiger charge is -2.14. The van der Waals surface area contributed by atoms with Gasteiger partial charge in [0.1, 0.15) is 41.4 Å². The Labute approximate surface area is 218 Å². The van der Waals surface area contributed by atoms with Gasteiger partial charge in [0.15, 0.2) is 5.76 Å². The second-order valence-electron chi connectivity index (χ2n) is 9.62. The molecule has 7 heteroatoms. The summed E-state index contributed by atoms with van der Waals surface area (Å²) >= 11 is 0. The Bertz CT molecular complexity index is 1310. The second kappa shape index (κ2) is 13.0. The minimum Gasteiger partial charge on any atom is -0.507 e. The van der Waals surface area contributed by atoms with Gasteiger partial charge in [0.05, 0.1) is 6.61 Å². The fraction of sp³-hybridized carbons (Fsp3) is 0.367. The average Bonchev–Trinajstić information content (AvgIpc) is 2.82. The van der Waals surface area contributed by atoms with Gasteiger partial charge in [0.25, 0.3) is 0 Å². The summed E-state index contributed by atoms with van der Waals surface area (Å²) in [5.41, 5.74) is 2.74. The third kappa shape index (κ3) is 7.89.